The van der Waals surface area contributed by atoms with Crippen LogP contribution in [-0.2, 0) is 11.3 Å². The van der Waals surface area contributed by atoms with Crippen molar-refractivity contribution in [3.8, 4) is 0 Å². The quantitative estimate of drug-likeness (QED) is 0.789. The molecule has 1 N–H and O–H groups in total. The summed E-state index contributed by atoms with van der Waals surface area (Å²) in [5.74, 6) is 1.63. The Balaban J connectivity index is 1.56. The first kappa shape index (κ1) is 15.1. The Morgan fingerprint density at radius 3 is 3.25 bits per heavy atom. The normalized spacial score (nSPS) is 17.5. The number of furan rings is 1. The lowest BCUT2D eigenvalue weighted by molar-refractivity contribution is -0.122. The van der Waals surface area contributed by atoms with E-state index in [1.165, 1.54) is 4.88 Å². The molecule has 0 aliphatic carbocycles. The summed E-state index contributed by atoms with van der Waals surface area (Å²) in [4.78, 5) is 25.7. The molecule has 3 aromatic rings. The molecular formula is C17H18N4O2S. The van der Waals surface area contributed by atoms with Gasteiger partial charge in [-0.25, -0.2) is 9.97 Å². The van der Waals surface area contributed by atoms with E-state index in [0.29, 0.717) is 6.54 Å². The monoisotopic (exact) mass is 342 g/mol. The minimum atomic E-state index is -0.196. The van der Waals surface area contributed by atoms with Crippen LogP contribution >= 0.6 is 11.3 Å². The van der Waals surface area contributed by atoms with Crippen LogP contribution in [0.15, 0.2) is 35.2 Å². The maximum Gasteiger partial charge on any atom is 0.243 e. The second kappa shape index (κ2) is 6.24. The second-order valence-electron chi connectivity index (χ2n) is 5.92. The first-order valence-electron chi connectivity index (χ1n) is 8.00. The van der Waals surface area contributed by atoms with E-state index < -0.39 is 0 Å². The number of thiophene rings is 1. The molecule has 1 amide bonds. The van der Waals surface area contributed by atoms with Crippen LogP contribution in [0.4, 0.5) is 5.82 Å². The summed E-state index contributed by atoms with van der Waals surface area (Å²) < 4.78 is 5.27. The number of carbonyl (C=O) groups is 1. The summed E-state index contributed by atoms with van der Waals surface area (Å²) in [6, 6.07) is 5.58. The van der Waals surface area contributed by atoms with Crippen molar-refractivity contribution in [3.63, 3.8) is 0 Å². The first-order chi connectivity index (χ1) is 11.7. The molecule has 0 spiro atoms. The molecule has 3 aromatic heterocycles. The van der Waals surface area contributed by atoms with Crippen LogP contribution in [0.1, 0.15) is 23.5 Å². The zero-order valence-corrected chi connectivity index (χ0v) is 14.2. The molecule has 1 unspecified atom stereocenters. The highest BCUT2D eigenvalue weighted by molar-refractivity contribution is 7.18. The highest BCUT2D eigenvalue weighted by Crippen LogP contribution is 2.33. The smallest absolute Gasteiger partial charge is 0.243 e. The van der Waals surface area contributed by atoms with E-state index in [0.717, 1.165) is 41.2 Å². The van der Waals surface area contributed by atoms with Crippen molar-refractivity contribution in [1.82, 2.24) is 15.3 Å². The average molecular weight is 342 g/mol. The van der Waals surface area contributed by atoms with Gasteiger partial charge in [0.1, 0.15) is 28.8 Å². The van der Waals surface area contributed by atoms with E-state index in [4.69, 9.17) is 4.42 Å². The Hall–Kier alpha value is -2.41. The van der Waals surface area contributed by atoms with Crippen LogP contribution in [-0.4, -0.2) is 28.5 Å². The number of hydrogen-bond acceptors (Lipinski definition) is 6. The van der Waals surface area contributed by atoms with Gasteiger partial charge in [-0.15, -0.1) is 11.3 Å². The van der Waals surface area contributed by atoms with Crippen LogP contribution in [0.5, 0.6) is 0 Å². The predicted octanol–water partition coefficient (Wildman–Crippen LogP) is 2.88. The maximum absolute atomic E-state index is 12.6. The van der Waals surface area contributed by atoms with Crippen molar-refractivity contribution in [2.75, 3.05) is 11.4 Å². The van der Waals surface area contributed by atoms with Crippen molar-refractivity contribution in [2.45, 2.75) is 32.4 Å². The molecule has 1 saturated heterocycles. The van der Waals surface area contributed by atoms with Crippen LogP contribution in [0, 0.1) is 6.92 Å². The van der Waals surface area contributed by atoms with Gasteiger partial charge in [0.25, 0.3) is 0 Å². The molecule has 1 atom stereocenters. The molecule has 0 radical (unpaired) electrons. The number of carbonyl (C=O) groups excluding carboxylic acids is 1. The number of amides is 1. The van der Waals surface area contributed by atoms with Crippen molar-refractivity contribution < 1.29 is 9.21 Å². The molecule has 0 aromatic carbocycles. The number of aromatic nitrogens is 2. The lowest BCUT2D eigenvalue weighted by Gasteiger charge is -2.25. The number of fused-ring (bicyclic) bond motifs is 1. The first-order valence-corrected chi connectivity index (χ1v) is 8.82. The van der Waals surface area contributed by atoms with E-state index in [9.17, 15) is 4.79 Å². The van der Waals surface area contributed by atoms with Crippen molar-refractivity contribution in [1.29, 1.82) is 0 Å². The molecule has 0 saturated carbocycles. The van der Waals surface area contributed by atoms with E-state index in [2.05, 4.69) is 33.2 Å². The topological polar surface area (TPSA) is 71.3 Å². The molecule has 4 heterocycles. The van der Waals surface area contributed by atoms with Gasteiger partial charge in [-0.05, 0) is 38.0 Å². The Morgan fingerprint density at radius 1 is 1.50 bits per heavy atom. The van der Waals surface area contributed by atoms with E-state index in [-0.39, 0.29) is 11.9 Å². The molecule has 1 fully saturated rings. The van der Waals surface area contributed by atoms with Gasteiger partial charge in [0, 0.05) is 11.4 Å². The fraction of sp³-hybridized carbons (Fsp3) is 0.353. The summed E-state index contributed by atoms with van der Waals surface area (Å²) in [5, 5.41) is 4.00. The number of anilines is 1. The summed E-state index contributed by atoms with van der Waals surface area (Å²) in [6.07, 6.45) is 5.01. The lowest BCUT2D eigenvalue weighted by Crippen LogP contribution is -2.43. The van der Waals surface area contributed by atoms with Crippen molar-refractivity contribution in [3.05, 3.63) is 41.4 Å². The SMILES string of the molecule is Cc1cc2c(N3CCCC3C(=O)NCc3ccco3)ncnc2s1. The van der Waals surface area contributed by atoms with Crippen molar-refractivity contribution >= 4 is 33.3 Å². The zero-order chi connectivity index (χ0) is 16.5. The van der Waals surface area contributed by atoms with Gasteiger partial charge < -0.3 is 14.6 Å². The molecule has 124 valence electrons. The van der Waals surface area contributed by atoms with Crippen LogP contribution in [0.3, 0.4) is 0 Å². The minimum Gasteiger partial charge on any atom is -0.467 e. The molecule has 4 rings (SSSR count). The van der Waals surface area contributed by atoms with Crippen LogP contribution < -0.4 is 10.2 Å². The van der Waals surface area contributed by atoms with Crippen LogP contribution in [0.2, 0.25) is 0 Å². The number of rotatable bonds is 4. The molecule has 6 nitrogen and oxygen atoms in total. The maximum atomic E-state index is 12.6. The van der Waals surface area contributed by atoms with Gasteiger partial charge in [-0.1, -0.05) is 0 Å². The van der Waals surface area contributed by atoms with E-state index in [1.54, 1.807) is 23.9 Å². The molecular weight excluding hydrogens is 324 g/mol. The fourth-order valence-corrected chi connectivity index (χ4v) is 4.03. The summed E-state index contributed by atoms with van der Waals surface area (Å²) in [6.45, 7) is 3.31. The van der Waals surface area contributed by atoms with Gasteiger partial charge in [0.15, 0.2) is 0 Å². The Bertz CT molecular complexity index is 859. The van der Waals surface area contributed by atoms with Gasteiger partial charge in [0.2, 0.25) is 5.91 Å². The molecule has 24 heavy (non-hydrogen) atoms. The summed E-state index contributed by atoms with van der Waals surface area (Å²) in [5.41, 5.74) is 0. The Labute approximate surface area is 143 Å². The zero-order valence-electron chi connectivity index (χ0n) is 13.4. The summed E-state index contributed by atoms with van der Waals surface area (Å²) >= 11 is 1.65. The number of hydrogen-bond donors (Lipinski definition) is 1. The van der Waals surface area contributed by atoms with Gasteiger partial charge in [-0.2, -0.15) is 0 Å². The standard InChI is InChI=1S/C17H18N4O2S/c1-11-8-13-15(19-10-20-17(13)24-11)21-6-2-5-14(21)16(22)18-9-12-4-3-7-23-12/h3-4,7-8,10,14H,2,5-6,9H2,1H3,(H,18,22). The highest BCUT2D eigenvalue weighted by atomic mass is 32.1. The highest BCUT2D eigenvalue weighted by Gasteiger charge is 2.32. The molecule has 0 bridgehead atoms. The number of nitrogens with one attached hydrogen (secondary N) is 1. The Kier molecular flexibility index (Phi) is 3.93. The number of nitrogens with zero attached hydrogens (tertiary/aromatic N) is 3. The third-order valence-corrected chi connectivity index (χ3v) is 5.23. The minimum absolute atomic E-state index is 0.0163. The third-order valence-electron chi connectivity index (χ3n) is 4.28. The molecule has 7 heteroatoms. The average Bonchev–Trinajstić information content (AvgIpc) is 3.31. The molecule has 1 aliphatic heterocycles. The second-order valence-corrected chi connectivity index (χ2v) is 7.16. The molecule has 1 aliphatic rings. The lowest BCUT2D eigenvalue weighted by atomic mass is 10.2. The number of aryl methyl sites for hydroxylation is 1. The third kappa shape index (κ3) is 2.75. The summed E-state index contributed by atoms with van der Waals surface area (Å²) in [7, 11) is 0. The van der Waals surface area contributed by atoms with Gasteiger partial charge in [-0.3, -0.25) is 4.79 Å². The van der Waals surface area contributed by atoms with Gasteiger partial charge in [0.05, 0.1) is 18.2 Å². The van der Waals surface area contributed by atoms with E-state index in [1.807, 2.05) is 12.1 Å². The Morgan fingerprint density at radius 2 is 2.42 bits per heavy atom. The fourth-order valence-electron chi connectivity index (χ4n) is 3.19. The van der Waals surface area contributed by atoms with Crippen molar-refractivity contribution in [2.24, 2.45) is 0 Å². The van der Waals surface area contributed by atoms with E-state index >= 15 is 0 Å². The predicted molar refractivity (Wildman–Crippen MR) is 93.1 cm³/mol. The van der Waals surface area contributed by atoms with Crippen LogP contribution in [0.25, 0.3) is 10.2 Å². The largest absolute Gasteiger partial charge is 0.467 e. The van der Waals surface area contributed by atoms with Gasteiger partial charge >= 0.3 is 0 Å².